The van der Waals surface area contributed by atoms with Gasteiger partial charge >= 0.3 is 0 Å². The average molecular weight is 503 g/mol. The normalized spacial score (nSPS) is 11.5. The predicted octanol–water partition coefficient (Wildman–Crippen LogP) is 4.81. The van der Waals surface area contributed by atoms with Gasteiger partial charge in [0.05, 0.1) is 29.3 Å². The zero-order valence-corrected chi connectivity index (χ0v) is 20.6. The van der Waals surface area contributed by atoms with E-state index in [2.05, 4.69) is 11.1 Å². The van der Waals surface area contributed by atoms with E-state index in [1.54, 1.807) is 44.2 Å². The number of ether oxygens (including phenoxy) is 1. The highest BCUT2D eigenvalue weighted by Gasteiger charge is 2.15. The molecule has 10 heteroatoms. The van der Waals surface area contributed by atoms with E-state index >= 15 is 0 Å². The van der Waals surface area contributed by atoms with Gasteiger partial charge in [-0.15, -0.1) is 0 Å². The van der Waals surface area contributed by atoms with Gasteiger partial charge in [-0.25, -0.2) is 13.4 Å². The van der Waals surface area contributed by atoms with Crippen molar-refractivity contribution in [2.45, 2.75) is 13.8 Å². The van der Waals surface area contributed by atoms with Crippen LogP contribution in [0.3, 0.4) is 0 Å². The summed E-state index contributed by atoms with van der Waals surface area (Å²) in [4.78, 5) is 15.8. The van der Waals surface area contributed by atoms with Gasteiger partial charge in [0.25, 0.3) is 0 Å². The Morgan fingerprint density at radius 2 is 1.97 bits per heavy atom. The number of nitrogens with zero attached hydrogens (tertiary/aromatic N) is 2. The van der Waals surface area contributed by atoms with Gasteiger partial charge in [0.2, 0.25) is 5.88 Å². The number of hydrogen-bond donors (Lipinski definition) is 0. The third-order valence-electron chi connectivity index (χ3n) is 4.67. The maximum absolute atomic E-state index is 12.2. The van der Waals surface area contributed by atoms with Crippen molar-refractivity contribution in [3.63, 3.8) is 0 Å². The average Bonchev–Trinajstić information content (AvgIpc) is 2.78. The molecule has 7 nitrogen and oxygen atoms in total. The lowest BCUT2D eigenvalue weighted by atomic mass is 10.1. The molecule has 172 valence electrons. The summed E-state index contributed by atoms with van der Waals surface area (Å²) in [5, 5.41) is 9.64. The third-order valence-corrected chi connectivity index (χ3v) is 8.01. The first kappa shape index (κ1) is 24.9. The first-order valence-corrected chi connectivity index (χ1v) is 13.3. The largest absolute Gasteiger partial charge is 0.477 e. The molecule has 0 aliphatic heterocycles. The highest BCUT2D eigenvalue weighted by molar-refractivity contribution is 8.14. The number of rotatable bonds is 9. The molecule has 0 spiro atoms. The molecule has 0 N–H and O–H groups in total. The molecule has 0 unspecified atom stereocenters. The second-order valence-electron chi connectivity index (χ2n) is 7.52. The standard InChI is InChI=1S/C23H22N2O5S3/c1-15(2)22(26)32-8-10-33(27,28)9-7-29-21-12-18-11-19(23(31)30-20(18)14-25-21)17-5-3-16(13-24)4-6-17/h3-6,11-12,14-15H,7-10H2,1-2H3. The lowest BCUT2D eigenvalue weighted by molar-refractivity contribution is -0.113. The van der Waals surface area contributed by atoms with Crippen LogP contribution in [0, 0.1) is 22.0 Å². The first-order valence-electron chi connectivity index (χ1n) is 10.1. The summed E-state index contributed by atoms with van der Waals surface area (Å²) >= 11 is 6.39. The molecule has 2 heterocycles. The third kappa shape index (κ3) is 6.87. The van der Waals surface area contributed by atoms with Crippen molar-refractivity contribution < 1.29 is 22.4 Å². The fourth-order valence-corrected chi connectivity index (χ4v) is 5.51. The minimum atomic E-state index is -3.35. The van der Waals surface area contributed by atoms with E-state index in [1.165, 1.54) is 6.20 Å². The van der Waals surface area contributed by atoms with Crippen molar-refractivity contribution in [3.05, 3.63) is 52.9 Å². The van der Waals surface area contributed by atoms with Crippen molar-refractivity contribution in [1.82, 2.24) is 4.98 Å². The van der Waals surface area contributed by atoms with Gasteiger partial charge in [0, 0.05) is 28.7 Å². The van der Waals surface area contributed by atoms with E-state index in [1.807, 2.05) is 6.07 Å². The molecule has 0 fully saturated rings. The molecule has 0 saturated carbocycles. The Balaban J connectivity index is 1.66. The molecule has 0 bridgehead atoms. The van der Waals surface area contributed by atoms with Crippen molar-refractivity contribution in [2.24, 2.45) is 5.92 Å². The highest BCUT2D eigenvalue weighted by atomic mass is 32.2. The van der Waals surface area contributed by atoms with Crippen molar-refractivity contribution in [3.8, 4) is 23.1 Å². The molecule has 0 radical (unpaired) electrons. The van der Waals surface area contributed by atoms with Crippen LogP contribution in [-0.2, 0) is 14.6 Å². The Kier molecular flexibility index (Phi) is 8.24. The maximum atomic E-state index is 12.2. The van der Waals surface area contributed by atoms with Gasteiger partial charge in [0.15, 0.2) is 25.2 Å². The molecule has 3 rings (SSSR count). The molecule has 1 aromatic carbocycles. The molecule has 2 aromatic heterocycles. The summed E-state index contributed by atoms with van der Waals surface area (Å²) < 4.78 is 35.9. The van der Waals surface area contributed by atoms with Gasteiger partial charge in [0.1, 0.15) is 6.61 Å². The summed E-state index contributed by atoms with van der Waals surface area (Å²) in [6, 6.07) is 12.6. The lowest BCUT2D eigenvalue weighted by Crippen LogP contribution is -2.19. The molecule has 0 amide bonds. The SMILES string of the molecule is CC(C)C(=O)SCCS(=O)(=O)CCOc1cc2cc(-c3ccc(C#N)cc3)c(=S)oc2cn1. The molecule has 0 saturated heterocycles. The summed E-state index contributed by atoms with van der Waals surface area (Å²) in [6.45, 7) is 3.51. The first-order chi connectivity index (χ1) is 15.7. The van der Waals surface area contributed by atoms with Crippen LogP contribution < -0.4 is 4.74 Å². The van der Waals surface area contributed by atoms with Crippen molar-refractivity contribution in [1.29, 1.82) is 5.26 Å². The van der Waals surface area contributed by atoms with E-state index in [-0.39, 0.29) is 40.8 Å². The van der Waals surface area contributed by atoms with Gasteiger partial charge in [-0.3, -0.25) is 4.79 Å². The Morgan fingerprint density at radius 3 is 2.64 bits per heavy atom. The molecule has 33 heavy (non-hydrogen) atoms. The number of pyridine rings is 1. The van der Waals surface area contributed by atoms with Crippen LogP contribution in [0.1, 0.15) is 19.4 Å². The van der Waals surface area contributed by atoms with Crippen LogP contribution >= 0.6 is 24.0 Å². The fraction of sp³-hybridized carbons (Fsp3) is 0.304. The number of nitriles is 1. The second kappa shape index (κ2) is 10.9. The molecule has 0 atom stereocenters. The summed E-state index contributed by atoms with van der Waals surface area (Å²) in [6.07, 6.45) is 1.48. The van der Waals surface area contributed by atoms with Crippen molar-refractivity contribution in [2.75, 3.05) is 23.9 Å². The Morgan fingerprint density at radius 1 is 1.24 bits per heavy atom. The predicted molar refractivity (Wildman–Crippen MR) is 131 cm³/mol. The van der Waals surface area contributed by atoms with E-state index in [0.29, 0.717) is 26.8 Å². The quantitative estimate of drug-likeness (QED) is 0.381. The number of aromatic nitrogens is 1. The van der Waals surface area contributed by atoms with E-state index < -0.39 is 9.84 Å². The van der Waals surface area contributed by atoms with Gasteiger partial charge < -0.3 is 9.15 Å². The van der Waals surface area contributed by atoms with E-state index in [0.717, 1.165) is 17.3 Å². The van der Waals surface area contributed by atoms with E-state index in [4.69, 9.17) is 26.6 Å². The highest BCUT2D eigenvalue weighted by Crippen LogP contribution is 2.28. The topological polar surface area (TPSA) is 110 Å². The van der Waals surface area contributed by atoms with Crippen LogP contribution in [0.15, 0.2) is 47.0 Å². The molecular formula is C23H22N2O5S3. The second-order valence-corrected chi connectivity index (χ2v) is 11.3. The fourth-order valence-electron chi connectivity index (χ4n) is 2.82. The molecular weight excluding hydrogens is 480 g/mol. The van der Waals surface area contributed by atoms with Gasteiger partial charge in [-0.05, 0) is 36.0 Å². The minimum absolute atomic E-state index is 0.0187. The number of sulfone groups is 1. The summed E-state index contributed by atoms with van der Waals surface area (Å²) in [7, 11) is -3.35. The number of thioether (sulfide) groups is 1. The number of hydrogen-bond acceptors (Lipinski definition) is 9. The van der Waals surface area contributed by atoms with Crippen LogP contribution in [-0.4, -0.2) is 42.4 Å². The number of carbonyl (C=O) groups is 1. The maximum Gasteiger partial charge on any atom is 0.214 e. The number of fused-ring (bicyclic) bond motifs is 1. The number of benzene rings is 1. The van der Waals surface area contributed by atoms with Gasteiger partial charge in [-0.1, -0.05) is 37.7 Å². The van der Waals surface area contributed by atoms with Crippen LogP contribution in [0.5, 0.6) is 5.88 Å². The van der Waals surface area contributed by atoms with Crippen molar-refractivity contribution >= 4 is 49.9 Å². The Labute approximate surface area is 201 Å². The Bertz CT molecular complexity index is 1360. The smallest absolute Gasteiger partial charge is 0.214 e. The Hall–Kier alpha value is -2.74. The molecule has 0 aliphatic carbocycles. The minimum Gasteiger partial charge on any atom is -0.477 e. The zero-order chi connectivity index (χ0) is 24.0. The van der Waals surface area contributed by atoms with Crippen LogP contribution in [0.4, 0.5) is 0 Å². The number of carbonyl (C=O) groups excluding carboxylic acids is 1. The lowest BCUT2D eigenvalue weighted by Gasteiger charge is -2.08. The summed E-state index contributed by atoms with van der Waals surface area (Å²) in [5.41, 5.74) is 2.52. The van der Waals surface area contributed by atoms with Crippen LogP contribution in [0.25, 0.3) is 22.1 Å². The molecule has 3 aromatic rings. The monoisotopic (exact) mass is 502 g/mol. The summed E-state index contributed by atoms with van der Waals surface area (Å²) in [5.74, 6) is 0.117. The van der Waals surface area contributed by atoms with Crippen LogP contribution in [0.2, 0.25) is 0 Å². The zero-order valence-electron chi connectivity index (χ0n) is 18.1. The molecule has 0 aliphatic rings. The van der Waals surface area contributed by atoms with Gasteiger partial charge in [-0.2, -0.15) is 5.26 Å². The van der Waals surface area contributed by atoms with E-state index in [9.17, 15) is 13.2 Å².